The Bertz CT molecular complexity index is 657. The van der Waals surface area contributed by atoms with E-state index in [0.717, 1.165) is 24.2 Å². The molecular formula is C15H25N6O2P. The first kappa shape index (κ1) is 20.0. The van der Waals surface area contributed by atoms with Crippen molar-refractivity contribution in [3.8, 4) is 0 Å². The van der Waals surface area contributed by atoms with Crippen LogP contribution in [0, 0.1) is 0 Å². The molecule has 1 aromatic heterocycles. The van der Waals surface area contributed by atoms with Crippen molar-refractivity contribution in [3.05, 3.63) is 30.6 Å². The van der Waals surface area contributed by atoms with Crippen LogP contribution in [0.5, 0.6) is 0 Å². The van der Waals surface area contributed by atoms with E-state index in [2.05, 4.69) is 25.7 Å². The number of hydrogen-bond donors (Lipinski definition) is 3. The van der Waals surface area contributed by atoms with Gasteiger partial charge < -0.3 is 14.6 Å². The zero-order valence-corrected chi connectivity index (χ0v) is 15.4. The van der Waals surface area contributed by atoms with E-state index in [1.54, 1.807) is 13.3 Å². The number of anilines is 3. The minimum absolute atomic E-state index is 0.278. The van der Waals surface area contributed by atoms with E-state index in [9.17, 15) is 4.57 Å². The van der Waals surface area contributed by atoms with Crippen molar-refractivity contribution < 1.29 is 9.30 Å². The molecule has 9 heteroatoms. The van der Waals surface area contributed by atoms with Gasteiger partial charge in [0.25, 0.3) is 0 Å². The Balaban J connectivity index is 0.000000505. The second kappa shape index (κ2) is 9.97. The summed E-state index contributed by atoms with van der Waals surface area (Å²) in [6.45, 7) is 9.14. The Morgan fingerprint density at radius 3 is 2.12 bits per heavy atom. The SMILES string of the molecule is CCOCC.CP(C)(=O)c1ccc(Nc2ncnc(NN)n2)cc1. The lowest BCUT2D eigenvalue weighted by Crippen LogP contribution is -2.11. The van der Waals surface area contributed by atoms with E-state index in [1.807, 2.05) is 38.1 Å². The summed E-state index contributed by atoms with van der Waals surface area (Å²) in [5.41, 5.74) is 3.14. The second-order valence-corrected chi connectivity index (χ2v) is 8.30. The van der Waals surface area contributed by atoms with Crippen molar-refractivity contribution >= 4 is 30.0 Å². The zero-order chi connectivity index (χ0) is 18.0. The van der Waals surface area contributed by atoms with Crippen LogP contribution in [-0.4, -0.2) is 41.5 Å². The lowest BCUT2D eigenvalue weighted by atomic mass is 10.3. The molecule has 0 radical (unpaired) electrons. The van der Waals surface area contributed by atoms with Crippen LogP contribution in [0.15, 0.2) is 30.6 Å². The highest BCUT2D eigenvalue weighted by Crippen LogP contribution is 2.34. The van der Waals surface area contributed by atoms with Crippen LogP contribution in [0.1, 0.15) is 13.8 Å². The average Bonchev–Trinajstić information content (AvgIpc) is 2.56. The van der Waals surface area contributed by atoms with Crippen molar-refractivity contribution in [1.82, 2.24) is 15.0 Å². The van der Waals surface area contributed by atoms with Gasteiger partial charge in [0, 0.05) is 24.2 Å². The van der Waals surface area contributed by atoms with E-state index in [0.29, 0.717) is 5.95 Å². The van der Waals surface area contributed by atoms with E-state index < -0.39 is 7.14 Å². The average molecular weight is 352 g/mol. The van der Waals surface area contributed by atoms with Gasteiger partial charge in [-0.3, -0.25) is 5.43 Å². The van der Waals surface area contributed by atoms with E-state index >= 15 is 0 Å². The number of hydrogen-bond acceptors (Lipinski definition) is 8. The number of rotatable bonds is 6. The molecule has 0 unspecified atom stereocenters. The van der Waals surface area contributed by atoms with Crippen LogP contribution in [0.3, 0.4) is 0 Å². The van der Waals surface area contributed by atoms with Gasteiger partial charge in [0.15, 0.2) is 0 Å². The molecule has 2 rings (SSSR count). The third-order valence-corrected chi connectivity index (χ3v) is 4.40. The Morgan fingerprint density at radius 2 is 1.67 bits per heavy atom. The molecule has 0 aliphatic rings. The molecule has 0 saturated heterocycles. The Morgan fingerprint density at radius 1 is 1.08 bits per heavy atom. The summed E-state index contributed by atoms with van der Waals surface area (Å²) in [5, 5.41) is 3.84. The van der Waals surface area contributed by atoms with Crippen molar-refractivity contribution in [3.63, 3.8) is 0 Å². The second-order valence-electron chi connectivity index (χ2n) is 5.08. The topological polar surface area (TPSA) is 115 Å². The van der Waals surface area contributed by atoms with Gasteiger partial charge in [-0.25, -0.2) is 15.8 Å². The number of nitrogens with two attached hydrogens (primary N) is 1. The highest BCUT2D eigenvalue weighted by molar-refractivity contribution is 7.70. The summed E-state index contributed by atoms with van der Waals surface area (Å²) in [7, 11) is -2.23. The normalized spacial score (nSPS) is 10.5. The molecular weight excluding hydrogens is 327 g/mol. The minimum Gasteiger partial charge on any atom is -0.382 e. The van der Waals surface area contributed by atoms with Crippen molar-refractivity contribution in [2.45, 2.75) is 13.8 Å². The number of nitrogen functional groups attached to an aromatic ring is 1. The van der Waals surface area contributed by atoms with Crippen LogP contribution in [0.4, 0.5) is 17.6 Å². The fourth-order valence-corrected chi connectivity index (χ4v) is 2.53. The van der Waals surface area contributed by atoms with Crippen molar-refractivity contribution in [2.24, 2.45) is 5.84 Å². The first-order valence-corrected chi connectivity index (χ1v) is 10.2. The number of nitrogens with one attached hydrogen (secondary N) is 2. The largest absolute Gasteiger partial charge is 0.382 e. The molecule has 4 N–H and O–H groups in total. The van der Waals surface area contributed by atoms with Gasteiger partial charge in [-0.1, -0.05) is 0 Å². The first-order valence-electron chi connectivity index (χ1n) is 7.56. The number of hydrazine groups is 1. The highest BCUT2D eigenvalue weighted by atomic mass is 31.2. The number of nitrogens with zero attached hydrogens (tertiary/aromatic N) is 3. The number of aromatic nitrogens is 3. The maximum Gasteiger partial charge on any atom is 0.241 e. The molecule has 8 nitrogen and oxygen atoms in total. The van der Waals surface area contributed by atoms with Gasteiger partial charge in [-0.2, -0.15) is 4.98 Å². The third-order valence-electron chi connectivity index (χ3n) is 2.85. The summed E-state index contributed by atoms with van der Waals surface area (Å²) in [6.07, 6.45) is 1.35. The van der Waals surface area contributed by atoms with Crippen LogP contribution < -0.4 is 21.9 Å². The maximum absolute atomic E-state index is 11.9. The van der Waals surface area contributed by atoms with Gasteiger partial charge in [0.2, 0.25) is 11.9 Å². The lowest BCUT2D eigenvalue weighted by molar-refractivity contribution is 0.162. The summed E-state index contributed by atoms with van der Waals surface area (Å²) in [6, 6.07) is 7.31. The van der Waals surface area contributed by atoms with Crippen LogP contribution in [0.2, 0.25) is 0 Å². The van der Waals surface area contributed by atoms with E-state index in [4.69, 9.17) is 10.6 Å². The molecule has 0 amide bonds. The van der Waals surface area contributed by atoms with Crippen LogP contribution in [-0.2, 0) is 9.30 Å². The predicted molar refractivity (Wildman–Crippen MR) is 98.6 cm³/mol. The molecule has 132 valence electrons. The van der Waals surface area contributed by atoms with Crippen LogP contribution in [0.25, 0.3) is 0 Å². The van der Waals surface area contributed by atoms with Gasteiger partial charge in [-0.05, 0) is 51.4 Å². The fourth-order valence-electron chi connectivity index (χ4n) is 1.66. The Kier molecular flexibility index (Phi) is 8.32. The maximum atomic E-state index is 11.9. The van der Waals surface area contributed by atoms with E-state index in [-0.39, 0.29) is 5.95 Å². The molecule has 1 aromatic carbocycles. The summed E-state index contributed by atoms with van der Waals surface area (Å²) in [5.74, 6) is 5.88. The smallest absolute Gasteiger partial charge is 0.241 e. The van der Waals surface area contributed by atoms with Crippen LogP contribution >= 0.6 is 7.14 Å². The third kappa shape index (κ3) is 7.04. The fraction of sp³-hybridized carbons (Fsp3) is 0.400. The summed E-state index contributed by atoms with van der Waals surface area (Å²) >= 11 is 0. The van der Waals surface area contributed by atoms with E-state index in [1.165, 1.54) is 6.33 Å². The first-order chi connectivity index (χ1) is 11.4. The van der Waals surface area contributed by atoms with Crippen molar-refractivity contribution in [2.75, 3.05) is 37.3 Å². The molecule has 1 heterocycles. The molecule has 2 aromatic rings. The zero-order valence-electron chi connectivity index (χ0n) is 14.5. The Hall–Kier alpha value is -2.02. The van der Waals surface area contributed by atoms with Gasteiger partial charge in [-0.15, -0.1) is 0 Å². The number of ether oxygens (including phenoxy) is 1. The summed E-state index contributed by atoms with van der Waals surface area (Å²) < 4.78 is 16.7. The summed E-state index contributed by atoms with van der Waals surface area (Å²) in [4.78, 5) is 11.8. The molecule has 0 spiro atoms. The molecule has 0 aliphatic heterocycles. The van der Waals surface area contributed by atoms with Crippen molar-refractivity contribution in [1.29, 1.82) is 0 Å². The molecule has 24 heavy (non-hydrogen) atoms. The number of benzene rings is 1. The van der Waals surface area contributed by atoms with Gasteiger partial charge in [0.05, 0.1) is 0 Å². The standard InChI is InChI=1S/C11H15N6OP.C4H10O/c1-19(2,18)9-5-3-8(4-6-9)15-10-13-7-14-11(16-10)17-12;1-3-5-4-2/h3-7H,12H2,1-2H3,(H2,13,14,15,16,17);3-4H2,1-2H3. The molecule has 0 aliphatic carbocycles. The minimum atomic E-state index is -2.23. The predicted octanol–water partition coefficient (Wildman–Crippen LogP) is 2.19. The quantitative estimate of drug-likeness (QED) is 0.412. The van der Waals surface area contributed by atoms with Gasteiger partial charge in [0.1, 0.15) is 13.5 Å². The van der Waals surface area contributed by atoms with Gasteiger partial charge >= 0.3 is 0 Å². The molecule has 0 saturated carbocycles. The molecule has 0 bridgehead atoms. The Labute approximate surface area is 142 Å². The molecule has 0 fully saturated rings. The lowest BCUT2D eigenvalue weighted by Gasteiger charge is -2.09. The molecule has 0 atom stereocenters. The monoisotopic (exact) mass is 352 g/mol. The highest BCUT2D eigenvalue weighted by Gasteiger charge is 2.10.